The average Bonchev–Trinajstić information content (AvgIpc) is 3.29. The predicted octanol–water partition coefficient (Wildman–Crippen LogP) is 4.95. The average molecular weight is 450 g/mol. The van der Waals surface area contributed by atoms with Gasteiger partial charge in [-0.3, -0.25) is 0 Å². The SMILES string of the molecule is C[C@]12Cc3cnn(-c4ccc(F)cc4)c3C=C1CC[C@@]2(O)CCc1ccc(F)cc1C(=O)O. The lowest BCUT2D eigenvalue weighted by atomic mass is 9.65. The number of benzene rings is 2. The molecule has 170 valence electrons. The molecule has 2 aliphatic carbocycles. The Hall–Kier alpha value is -3.32. The van der Waals surface area contributed by atoms with Gasteiger partial charge in [0.1, 0.15) is 11.6 Å². The number of hydrogen-bond donors (Lipinski definition) is 2. The van der Waals surface area contributed by atoms with E-state index in [2.05, 4.69) is 11.2 Å². The normalized spacial score (nSPS) is 23.7. The van der Waals surface area contributed by atoms with Crippen molar-refractivity contribution in [1.82, 2.24) is 9.78 Å². The van der Waals surface area contributed by atoms with Gasteiger partial charge in [-0.1, -0.05) is 18.6 Å². The van der Waals surface area contributed by atoms with E-state index in [1.54, 1.807) is 23.0 Å². The van der Waals surface area contributed by atoms with Crippen LogP contribution in [-0.2, 0) is 12.8 Å². The molecule has 7 heteroatoms. The minimum absolute atomic E-state index is 0.0657. The van der Waals surface area contributed by atoms with Crippen molar-refractivity contribution in [3.8, 4) is 5.69 Å². The van der Waals surface area contributed by atoms with Crippen molar-refractivity contribution in [2.45, 2.75) is 44.6 Å². The van der Waals surface area contributed by atoms with E-state index >= 15 is 0 Å². The van der Waals surface area contributed by atoms with Gasteiger partial charge in [-0.05, 0) is 85.7 Å². The molecule has 2 aromatic carbocycles. The number of aromatic nitrogens is 2. The van der Waals surface area contributed by atoms with Gasteiger partial charge in [0.25, 0.3) is 0 Å². The quantitative estimate of drug-likeness (QED) is 0.577. The van der Waals surface area contributed by atoms with Crippen LogP contribution >= 0.6 is 0 Å². The fraction of sp³-hybridized carbons (Fsp3) is 0.308. The number of halogens is 2. The number of carboxylic acid groups (broad SMARTS) is 1. The minimum Gasteiger partial charge on any atom is -0.478 e. The number of rotatable bonds is 5. The van der Waals surface area contributed by atoms with E-state index < -0.39 is 22.8 Å². The number of fused-ring (bicyclic) bond motifs is 2. The highest BCUT2D eigenvalue weighted by molar-refractivity contribution is 5.89. The maximum absolute atomic E-state index is 13.5. The molecule has 33 heavy (non-hydrogen) atoms. The van der Waals surface area contributed by atoms with Crippen LogP contribution in [0.2, 0.25) is 0 Å². The second-order valence-corrected chi connectivity index (χ2v) is 9.26. The van der Waals surface area contributed by atoms with E-state index in [0.29, 0.717) is 31.2 Å². The van der Waals surface area contributed by atoms with Gasteiger partial charge in [-0.2, -0.15) is 5.10 Å². The van der Waals surface area contributed by atoms with Crippen LogP contribution in [0.3, 0.4) is 0 Å². The number of aliphatic hydroxyl groups is 1. The molecule has 2 N–H and O–H groups in total. The molecule has 2 aliphatic rings. The van der Waals surface area contributed by atoms with Crippen molar-refractivity contribution in [1.29, 1.82) is 0 Å². The third-order valence-electron chi connectivity index (χ3n) is 7.47. The summed E-state index contributed by atoms with van der Waals surface area (Å²) < 4.78 is 28.7. The summed E-state index contributed by atoms with van der Waals surface area (Å²) in [5.74, 6) is -2.07. The maximum atomic E-state index is 13.5. The third kappa shape index (κ3) is 3.47. The van der Waals surface area contributed by atoms with Gasteiger partial charge in [0, 0.05) is 5.41 Å². The van der Waals surface area contributed by atoms with Crippen LogP contribution in [0.1, 0.15) is 53.4 Å². The zero-order chi connectivity index (χ0) is 23.4. The summed E-state index contributed by atoms with van der Waals surface area (Å²) in [6, 6.07) is 9.94. The van der Waals surface area contributed by atoms with E-state index in [-0.39, 0.29) is 11.4 Å². The first kappa shape index (κ1) is 21.5. The van der Waals surface area contributed by atoms with E-state index in [1.165, 1.54) is 24.3 Å². The lowest BCUT2D eigenvalue weighted by molar-refractivity contribution is -0.0462. The second kappa shape index (κ2) is 7.63. The molecule has 1 aromatic heterocycles. The smallest absolute Gasteiger partial charge is 0.336 e. The predicted molar refractivity (Wildman–Crippen MR) is 119 cm³/mol. The first-order valence-corrected chi connectivity index (χ1v) is 11.0. The van der Waals surface area contributed by atoms with Crippen LogP contribution in [-0.4, -0.2) is 31.6 Å². The monoisotopic (exact) mass is 450 g/mol. The highest BCUT2D eigenvalue weighted by atomic mass is 19.1. The fourth-order valence-corrected chi connectivity index (χ4v) is 5.43. The van der Waals surface area contributed by atoms with Crippen LogP contribution in [0.4, 0.5) is 8.78 Å². The van der Waals surface area contributed by atoms with Crippen LogP contribution < -0.4 is 0 Å². The zero-order valence-corrected chi connectivity index (χ0v) is 18.2. The standard InChI is InChI=1S/C26H24F2N2O3/c1-25-14-17-15-29-30(21-6-4-19(27)5-7-21)23(17)12-18(25)9-11-26(25,33)10-8-16-2-3-20(28)13-22(16)24(31)32/h2-7,12-13,15,33H,8-11,14H2,1H3,(H,31,32)/t25-,26-/m0/s1. The van der Waals surface area contributed by atoms with Gasteiger partial charge in [0.2, 0.25) is 0 Å². The molecule has 1 heterocycles. The number of aromatic carboxylic acids is 1. The number of carbonyl (C=O) groups is 1. The zero-order valence-electron chi connectivity index (χ0n) is 18.2. The largest absolute Gasteiger partial charge is 0.478 e. The maximum Gasteiger partial charge on any atom is 0.336 e. The Labute approximate surface area is 190 Å². The summed E-state index contributed by atoms with van der Waals surface area (Å²) in [4.78, 5) is 11.5. The summed E-state index contributed by atoms with van der Waals surface area (Å²) in [5.41, 5.74) is 2.73. The lowest BCUT2D eigenvalue weighted by Gasteiger charge is -2.42. The number of carboxylic acids is 1. The molecule has 0 bridgehead atoms. The third-order valence-corrected chi connectivity index (χ3v) is 7.47. The molecule has 1 saturated carbocycles. The van der Waals surface area contributed by atoms with Gasteiger partial charge in [-0.15, -0.1) is 0 Å². The Bertz CT molecular complexity index is 1280. The lowest BCUT2D eigenvalue weighted by Crippen LogP contribution is -2.45. The van der Waals surface area contributed by atoms with Gasteiger partial charge in [-0.25, -0.2) is 18.3 Å². The Morgan fingerprint density at radius 2 is 1.88 bits per heavy atom. The summed E-state index contributed by atoms with van der Waals surface area (Å²) in [7, 11) is 0. The summed E-state index contributed by atoms with van der Waals surface area (Å²) >= 11 is 0. The van der Waals surface area contributed by atoms with E-state index in [9.17, 15) is 23.8 Å². The Balaban J connectivity index is 1.43. The van der Waals surface area contributed by atoms with Gasteiger partial charge >= 0.3 is 5.97 Å². The number of nitrogens with zero attached hydrogens (tertiary/aromatic N) is 2. The first-order chi connectivity index (χ1) is 15.7. The molecular formula is C26H24F2N2O3. The molecule has 0 spiro atoms. The van der Waals surface area contributed by atoms with Crippen molar-refractivity contribution in [2.75, 3.05) is 0 Å². The van der Waals surface area contributed by atoms with Crippen molar-refractivity contribution < 1.29 is 23.8 Å². The van der Waals surface area contributed by atoms with Crippen molar-refractivity contribution in [3.63, 3.8) is 0 Å². The molecule has 0 aliphatic heterocycles. The number of hydrogen-bond acceptors (Lipinski definition) is 3. The molecule has 0 amide bonds. The fourth-order valence-electron chi connectivity index (χ4n) is 5.43. The first-order valence-electron chi connectivity index (χ1n) is 11.0. The van der Waals surface area contributed by atoms with Crippen molar-refractivity contribution in [2.24, 2.45) is 5.41 Å². The Kier molecular flexibility index (Phi) is 4.97. The molecule has 5 rings (SSSR count). The van der Waals surface area contributed by atoms with Gasteiger partial charge in [0.15, 0.2) is 0 Å². The topological polar surface area (TPSA) is 75.3 Å². The molecular weight excluding hydrogens is 426 g/mol. The van der Waals surface area contributed by atoms with Crippen molar-refractivity contribution in [3.05, 3.63) is 88.3 Å². The Morgan fingerprint density at radius 1 is 1.15 bits per heavy atom. The highest BCUT2D eigenvalue weighted by Gasteiger charge is 2.54. The van der Waals surface area contributed by atoms with E-state index in [0.717, 1.165) is 35.0 Å². The summed E-state index contributed by atoms with van der Waals surface area (Å²) in [6.45, 7) is 2.05. The molecule has 5 nitrogen and oxygen atoms in total. The van der Waals surface area contributed by atoms with Gasteiger partial charge < -0.3 is 10.2 Å². The minimum atomic E-state index is -1.18. The molecule has 0 unspecified atom stereocenters. The Morgan fingerprint density at radius 3 is 2.61 bits per heavy atom. The van der Waals surface area contributed by atoms with Crippen molar-refractivity contribution >= 4 is 12.0 Å². The molecule has 2 atom stereocenters. The van der Waals surface area contributed by atoms with Crippen LogP contribution in [0.25, 0.3) is 11.8 Å². The highest BCUT2D eigenvalue weighted by Crippen LogP contribution is 2.56. The molecule has 1 fully saturated rings. The number of aryl methyl sites for hydroxylation is 1. The van der Waals surface area contributed by atoms with E-state index in [1.807, 2.05) is 6.92 Å². The molecule has 0 saturated heterocycles. The second-order valence-electron chi connectivity index (χ2n) is 9.26. The molecule has 0 radical (unpaired) electrons. The molecule has 3 aromatic rings. The van der Waals surface area contributed by atoms with Crippen LogP contribution in [0.15, 0.2) is 54.2 Å². The van der Waals surface area contributed by atoms with Gasteiger partial charge in [0.05, 0.1) is 28.7 Å². The van der Waals surface area contributed by atoms with E-state index in [4.69, 9.17) is 0 Å². The summed E-state index contributed by atoms with van der Waals surface area (Å²) in [5, 5.41) is 25.7. The summed E-state index contributed by atoms with van der Waals surface area (Å²) in [6.07, 6.45) is 6.45. The van der Waals surface area contributed by atoms with Crippen LogP contribution in [0.5, 0.6) is 0 Å². The van der Waals surface area contributed by atoms with Crippen LogP contribution in [0, 0.1) is 17.0 Å².